The molecule has 4 rings (SSSR count). The summed E-state index contributed by atoms with van der Waals surface area (Å²) in [7, 11) is 0. The third-order valence-electron chi connectivity index (χ3n) is 5.41. The first-order valence-electron chi connectivity index (χ1n) is 10.5. The molecule has 3 N–H and O–H groups in total. The molecular formula is C25H27N5. The maximum atomic E-state index is 7.11. The van der Waals surface area contributed by atoms with Crippen molar-refractivity contribution < 1.29 is 0 Å². The molecule has 0 saturated heterocycles. The average molecular weight is 398 g/mol. The summed E-state index contributed by atoms with van der Waals surface area (Å²) in [5.74, 6) is 0.835. The number of nitrogens with zero attached hydrogens (tertiary/aromatic N) is 2. The number of hydrogen-bond donors (Lipinski definition) is 3. The minimum atomic E-state index is 0.148. The van der Waals surface area contributed by atoms with E-state index < -0.39 is 0 Å². The maximum Gasteiger partial charge on any atom is 0.143 e. The molecule has 0 aliphatic rings. The van der Waals surface area contributed by atoms with Crippen molar-refractivity contribution in [1.82, 2.24) is 15.0 Å². The molecule has 0 spiro atoms. The minimum absolute atomic E-state index is 0.148. The van der Waals surface area contributed by atoms with E-state index in [1.54, 1.807) is 6.33 Å². The second-order valence-corrected chi connectivity index (χ2v) is 7.59. The first-order chi connectivity index (χ1) is 14.7. The van der Waals surface area contributed by atoms with Gasteiger partial charge in [0.05, 0.1) is 5.39 Å². The van der Waals surface area contributed by atoms with Crippen molar-refractivity contribution in [2.75, 3.05) is 5.32 Å². The topological polar surface area (TPSA) is 77.5 Å². The number of rotatable bonds is 9. The van der Waals surface area contributed by atoms with Crippen LogP contribution < -0.4 is 5.32 Å². The first kappa shape index (κ1) is 19.8. The Morgan fingerprint density at radius 2 is 1.83 bits per heavy atom. The fourth-order valence-electron chi connectivity index (χ4n) is 3.67. The van der Waals surface area contributed by atoms with Gasteiger partial charge in [0.1, 0.15) is 17.8 Å². The molecule has 4 aromatic rings. The molecule has 1 atom stereocenters. The number of aromatic nitrogens is 3. The second-order valence-electron chi connectivity index (χ2n) is 7.59. The van der Waals surface area contributed by atoms with E-state index in [0.717, 1.165) is 53.8 Å². The summed E-state index contributed by atoms with van der Waals surface area (Å²) in [5.41, 5.74) is 5.56. The molecule has 2 heterocycles. The molecule has 30 heavy (non-hydrogen) atoms. The second kappa shape index (κ2) is 9.35. The minimum Gasteiger partial charge on any atom is -0.363 e. The Kier molecular flexibility index (Phi) is 6.18. The number of unbranched alkanes of at least 4 members (excludes halogenated alkanes) is 2. The van der Waals surface area contributed by atoms with Gasteiger partial charge in [-0.1, -0.05) is 54.6 Å². The van der Waals surface area contributed by atoms with Gasteiger partial charge >= 0.3 is 0 Å². The standard InChI is InChI=1S/C25H27N5/c1-18(20-9-5-2-6-10-20)29-24-22-16-23(30-25(22)28-17-27-24)21-13-11-19(12-14-21)8-4-3-7-15-26/h2,5-6,9-18,26H,3-4,7-8H2,1H3,(H2,27,28,29,30)/t18-/m1/s1. The van der Waals surface area contributed by atoms with Gasteiger partial charge in [-0.2, -0.15) is 0 Å². The fraction of sp³-hybridized carbons (Fsp3) is 0.240. The molecule has 0 bridgehead atoms. The van der Waals surface area contributed by atoms with E-state index in [9.17, 15) is 0 Å². The quantitative estimate of drug-likeness (QED) is 0.234. The zero-order valence-electron chi connectivity index (χ0n) is 17.2. The molecule has 0 fully saturated rings. The van der Waals surface area contributed by atoms with Crippen molar-refractivity contribution >= 4 is 23.1 Å². The van der Waals surface area contributed by atoms with Crippen LogP contribution in [-0.4, -0.2) is 21.2 Å². The highest BCUT2D eigenvalue weighted by Gasteiger charge is 2.12. The summed E-state index contributed by atoms with van der Waals surface area (Å²) >= 11 is 0. The Balaban J connectivity index is 1.52. The van der Waals surface area contributed by atoms with Gasteiger partial charge < -0.3 is 15.7 Å². The summed E-state index contributed by atoms with van der Waals surface area (Å²) < 4.78 is 0. The van der Waals surface area contributed by atoms with Gasteiger partial charge in [0, 0.05) is 11.7 Å². The Hall–Kier alpha value is -3.47. The highest BCUT2D eigenvalue weighted by Crippen LogP contribution is 2.29. The van der Waals surface area contributed by atoms with Crippen LogP contribution >= 0.6 is 0 Å². The van der Waals surface area contributed by atoms with Crippen molar-refractivity contribution in [1.29, 1.82) is 5.41 Å². The number of anilines is 1. The van der Waals surface area contributed by atoms with E-state index in [-0.39, 0.29) is 6.04 Å². The van der Waals surface area contributed by atoms with Crippen molar-refractivity contribution in [2.24, 2.45) is 0 Å². The maximum absolute atomic E-state index is 7.11. The fourth-order valence-corrected chi connectivity index (χ4v) is 3.67. The van der Waals surface area contributed by atoms with E-state index in [0.29, 0.717) is 0 Å². The highest BCUT2D eigenvalue weighted by atomic mass is 15.1. The van der Waals surface area contributed by atoms with Gasteiger partial charge in [-0.15, -0.1) is 0 Å². The first-order valence-corrected chi connectivity index (χ1v) is 10.5. The molecule has 5 nitrogen and oxygen atoms in total. The lowest BCUT2D eigenvalue weighted by atomic mass is 10.0. The van der Waals surface area contributed by atoms with Crippen LogP contribution in [0.5, 0.6) is 0 Å². The molecule has 0 aliphatic heterocycles. The van der Waals surface area contributed by atoms with Crippen molar-refractivity contribution in [3.8, 4) is 11.3 Å². The predicted octanol–water partition coefficient (Wildman–Crippen LogP) is 6.16. The van der Waals surface area contributed by atoms with Crippen LogP contribution in [0.15, 0.2) is 67.0 Å². The van der Waals surface area contributed by atoms with Crippen LogP contribution in [0.3, 0.4) is 0 Å². The summed E-state index contributed by atoms with van der Waals surface area (Å²) in [6.45, 7) is 2.14. The number of fused-ring (bicyclic) bond motifs is 1. The van der Waals surface area contributed by atoms with E-state index in [4.69, 9.17) is 5.41 Å². The lowest BCUT2D eigenvalue weighted by Crippen LogP contribution is -2.08. The Bertz CT molecular complexity index is 1100. The molecule has 2 aromatic carbocycles. The van der Waals surface area contributed by atoms with Crippen LogP contribution in [0.2, 0.25) is 0 Å². The van der Waals surface area contributed by atoms with Gasteiger partial charge in [0.2, 0.25) is 0 Å². The molecular weight excluding hydrogens is 370 g/mol. The van der Waals surface area contributed by atoms with E-state index in [1.165, 1.54) is 17.3 Å². The van der Waals surface area contributed by atoms with E-state index >= 15 is 0 Å². The smallest absolute Gasteiger partial charge is 0.143 e. The van der Waals surface area contributed by atoms with Crippen LogP contribution in [0.1, 0.15) is 43.4 Å². The molecule has 0 unspecified atom stereocenters. The molecule has 5 heteroatoms. The van der Waals surface area contributed by atoms with Gasteiger partial charge in [-0.25, -0.2) is 9.97 Å². The van der Waals surface area contributed by atoms with E-state index in [1.807, 2.05) is 6.07 Å². The van der Waals surface area contributed by atoms with Crippen molar-refractivity contribution in [3.63, 3.8) is 0 Å². The number of aryl methyl sites for hydroxylation is 1. The van der Waals surface area contributed by atoms with Crippen LogP contribution in [-0.2, 0) is 6.42 Å². The van der Waals surface area contributed by atoms with Gasteiger partial charge in [-0.3, -0.25) is 0 Å². The number of aromatic amines is 1. The lowest BCUT2D eigenvalue weighted by Gasteiger charge is -2.15. The summed E-state index contributed by atoms with van der Waals surface area (Å²) in [5, 5.41) is 11.6. The van der Waals surface area contributed by atoms with Crippen LogP contribution in [0.4, 0.5) is 5.82 Å². The van der Waals surface area contributed by atoms with Crippen LogP contribution in [0.25, 0.3) is 22.3 Å². The summed E-state index contributed by atoms with van der Waals surface area (Å²) in [4.78, 5) is 12.3. The number of nitrogens with one attached hydrogen (secondary N) is 3. The van der Waals surface area contributed by atoms with Crippen LogP contribution in [0, 0.1) is 5.41 Å². The number of hydrogen-bond acceptors (Lipinski definition) is 4. The van der Waals surface area contributed by atoms with Gasteiger partial charge in [-0.05, 0) is 61.6 Å². The largest absolute Gasteiger partial charge is 0.363 e. The van der Waals surface area contributed by atoms with E-state index in [2.05, 4.69) is 81.8 Å². The monoisotopic (exact) mass is 397 g/mol. The Morgan fingerprint density at radius 1 is 1.03 bits per heavy atom. The molecule has 152 valence electrons. The Labute approximate surface area is 177 Å². The average Bonchev–Trinajstić information content (AvgIpc) is 3.23. The zero-order chi connectivity index (χ0) is 20.8. The molecule has 2 aromatic heterocycles. The molecule has 0 aliphatic carbocycles. The predicted molar refractivity (Wildman–Crippen MR) is 124 cm³/mol. The summed E-state index contributed by atoms with van der Waals surface area (Å²) in [6, 6.07) is 21.3. The highest BCUT2D eigenvalue weighted by molar-refractivity contribution is 5.91. The molecule has 0 saturated carbocycles. The van der Waals surface area contributed by atoms with Crippen molar-refractivity contribution in [3.05, 3.63) is 78.1 Å². The third-order valence-corrected chi connectivity index (χ3v) is 5.41. The normalized spacial score (nSPS) is 12.0. The van der Waals surface area contributed by atoms with Gasteiger partial charge in [0.15, 0.2) is 0 Å². The number of H-pyrrole nitrogens is 1. The molecule has 0 radical (unpaired) electrons. The lowest BCUT2D eigenvalue weighted by molar-refractivity contribution is 0.765. The summed E-state index contributed by atoms with van der Waals surface area (Å²) in [6.07, 6.45) is 7.20. The SMILES string of the molecule is C[C@@H](Nc1ncnc2[nH]c(-c3ccc(CCCCC=N)cc3)cc12)c1ccccc1. The Morgan fingerprint density at radius 3 is 2.60 bits per heavy atom. The zero-order valence-corrected chi connectivity index (χ0v) is 17.2. The van der Waals surface area contributed by atoms with Gasteiger partial charge in [0.25, 0.3) is 0 Å². The number of benzene rings is 2. The third kappa shape index (κ3) is 4.57. The molecule has 0 amide bonds. The van der Waals surface area contributed by atoms with Crippen molar-refractivity contribution in [2.45, 2.75) is 38.6 Å².